The third-order valence-electron chi connectivity index (χ3n) is 6.08. The highest BCUT2D eigenvalue weighted by Gasteiger charge is 2.48. The Hall–Kier alpha value is -3.03. The van der Waals surface area contributed by atoms with E-state index in [1.165, 1.54) is 0 Å². The van der Waals surface area contributed by atoms with Gasteiger partial charge < -0.3 is 10.1 Å². The molecule has 1 aliphatic carbocycles. The maximum Gasteiger partial charge on any atom is 0.326 e. The van der Waals surface area contributed by atoms with Crippen molar-refractivity contribution in [2.45, 2.75) is 38.5 Å². The zero-order chi connectivity index (χ0) is 20.7. The van der Waals surface area contributed by atoms with E-state index in [1.807, 2.05) is 0 Å². The summed E-state index contributed by atoms with van der Waals surface area (Å²) in [5, 5.41) is 2.73. The van der Waals surface area contributed by atoms with Crippen LogP contribution in [0.2, 0.25) is 0 Å². The van der Waals surface area contributed by atoms with Gasteiger partial charge in [-0.2, -0.15) is 0 Å². The monoisotopic (exact) mass is 398 g/mol. The molecule has 0 radical (unpaired) electrons. The Bertz CT molecular complexity index is 900. The summed E-state index contributed by atoms with van der Waals surface area (Å²) in [6.45, 7) is 0.797. The number of amides is 3. The van der Waals surface area contributed by atoms with Gasteiger partial charge in [0, 0.05) is 11.3 Å². The number of carbonyl (C=O) groups is 5. The molecule has 2 fully saturated rings. The first-order valence-corrected chi connectivity index (χ1v) is 9.85. The van der Waals surface area contributed by atoms with Crippen LogP contribution in [-0.4, -0.2) is 47.5 Å². The molecule has 1 aromatic carbocycles. The standard InChI is InChI=1S/C21H22N2O6/c1-11-15-8-12(6-7-16(15)22-19(11)26)17(24)10-29-18(25)9-23-20(27)13-4-2-3-5-14(13)21(23)28/h6-8,11,13-14H,2-5,9-10H2,1H3,(H,22,26)/t11-,13-,14+/m1/s1. The van der Waals surface area contributed by atoms with Gasteiger partial charge in [-0.15, -0.1) is 0 Å². The van der Waals surface area contributed by atoms with Gasteiger partial charge in [-0.05, 0) is 43.5 Å². The number of benzene rings is 1. The van der Waals surface area contributed by atoms with Crippen LogP contribution in [0.5, 0.6) is 0 Å². The molecule has 1 aromatic rings. The van der Waals surface area contributed by atoms with E-state index in [0.717, 1.165) is 23.3 Å². The van der Waals surface area contributed by atoms with Crippen LogP contribution in [0.4, 0.5) is 5.69 Å². The third-order valence-corrected chi connectivity index (χ3v) is 6.08. The molecule has 1 N–H and O–H groups in total. The third kappa shape index (κ3) is 3.43. The van der Waals surface area contributed by atoms with Crippen molar-refractivity contribution in [3.8, 4) is 0 Å². The molecule has 29 heavy (non-hydrogen) atoms. The van der Waals surface area contributed by atoms with Crippen molar-refractivity contribution >= 4 is 35.2 Å². The van der Waals surface area contributed by atoms with Crippen molar-refractivity contribution in [1.29, 1.82) is 0 Å². The minimum absolute atomic E-state index is 0.128. The quantitative estimate of drug-likeness (QED) is 0.459. The van der Waals surface area contributed by atoms with Crippen molar-refractivity contribution in [1.82, 2.24) is 4.90 Å². The van der Waals surface area contributed by atoms with E-state index in [-0.39, 0.29) is 35.5 Å². The second kappa shape index (κ2) is 7.42. The van der Waals surface area contributed by atoms with Crippen molar-refractivity contribution in [2.75, 3.05) is 18.5 Å². The van der Waals surface area contributed by atoms with Gasteiger partial charge in [0.2, 0.25) is 17.7 Å². The van der Waals surface area contributed by atoms with Gasteiger partial charge in [-0.3, -0.25) is 28.9 Å². The first-order chi connectivity index (χ1) is 13.9. The van der Waals surface area contributed by atoms with Gasteiger partial charge in [-0.1, -0.05) is 12.8 Å². The normalized spacial score (nSPS) is 25.5. The number of fused-ring (bicyclic) bond motifs is 2. The highest BCUT2D eigenvalue weighted by atomic mass is 16.5. The zero-order valence-corrected chi connectivity index (χ0v) is 16.1. The molecular formula is C21H22N2O6. The predicted molar refractivity (Wildman–Crippen MR) is 101 cm³/mol. The Morgan fingerprint density at radius 2 is 1.76 bits per heavy atom. The number of likely N-dealkylation sites (tertiary alicyclic amines) is 1. The first-order valence-electron chi connectivity index (χ1n) is 9.85. The van der Waals surface area contributed by atoms with Gasteiger partial charge in [-0.25, -0.2) is 0 Å². The molecule has 2 aliphatic heterocycles. The SMILES string of the molecule is C[C@H]1C(=O)Nc2ccc(C(=O)COC(=O)CN3C(=O)[C@H]4CCCC[C@H]4C3=O)cc21. The Labute approximate surface area is 167 Å². The highest BCUT2D eigenvalue weighted by Crippen LogP contribution is 2.38. The minimum Gasteiger partial charge on any atom is -0.456 e. The molecule has 0 aromatic heterocycles. The fraction of sp³-hybridized carbons (Fsp3) is 0.476. The van der Waals surface area contributed by atoms with E-state index < -0.39 is 24.9 Å². The summed E-state index contributed by atoms with van der Waals surface area (Å²) in [4.78, 5) is 62.0. The van der Waals surface area contributed by atoms with Crippen LogP contribution in [0.25, 0.3) is 0 Å². The zero-order valence-electron chi connectivity index (χ0n) is 16.1. The average Bonchev–Trinajstić information content (AvgIpc) is 3.14. The molecule has 1 saturated carbocycles. The van der Waals surface area contributed by atoms with Crippen molar-refractivity contribution in [2.24, 2.45) is 11.8 Å². The number of ketones is 1. The van der Waals surface area contributed by atoms with Crippen LogP contribution in [0, 0.1) is 11.8 Å². The van der Waals surface area contributed by atoms with Crippen molar-refractivity contribution < 1.29 is 28.7 Å². The largest absolute Gasteiger partial charge is 0.456 e. The van der Waals surface area contributed by atoms with Crippen LogP contribution >= 0.6 is 0 Å². The molecule has 3 amide bonds. The number of hydrogen-bond donors (Lipinski definition) is 1. The number of anilines is 1. The summed E-state index contributed by atoms with van der Waals surface area (Å²) < 4.78 is 5.02. The Kier molecular flexibility index (Phi) is 4.94. The van der Waals surface area contributed by atoms with E-state index >= 15 is 0 Å². The van der Waals surface area contributed by atoms with Crippen LogP contribution in [-0.2, 0) is 23.9 Å². The van der Waals surface area contributed by atoms with Crippen LogP contribution in [0.15, 0.2) is 18.2 Å². The number of Topliss-reactive ketones (excluding diaryl/α,β-unsaturated/α-hetero) is 1. The number of imide groups is 1. The van der Waals surface area contributed by atoms with Crippen LogP contribution in [0.3, 0.4) is 0 Å². The first kappa shape index (κ1) is 19.3. The molecular weight excluding hydrogens is 376 g/mol. The molecule has 0 spiro atoms. The lowest BCUT2D eigenvalue weighted by Gasteiger charge is -2.19. The van der Waals surface area contributed by atoms with Crippen LogP contribution < -0.4 is 5.32 Å². The van der Waals surface area contributed by atoms with E-state index in [2.05, 4.69) is 5.32 Å². The molecule has 3 aliphatic rings. The van der Waals surface area contributed by atoms with Crippen molar-refractivity contribution in [3.05, 3.63) is 29.3 Å². The lowest BCUT2D eigenvalue weighted by atomic mass is 9.81. The highest BCUT2D eigenvalue weighted by molar-refractivity contribution is 6.07. The smallest absolute Gasteiger partial charge is 0.326 e. The van der Waals surface area contributed by atoms with Gasteiger partial charge in [0.05, 0.1) is 17.8 Å². The number of nitrogens with one attached hydrogen (secondary N) is 1. The van der Waals surface area contributed by atoms with E-state index in [4.69, 9.17) is 4.74 Å². The molecule has 3 atom stereocenters. The maximum absolute atomic E-state index is 12.4. The summed E-state index contributed by atoms with van der Waals surface area (Å²) in [5.41, 5.74) is 1.73. The number of esters is 1. The summed E-state index contributed by atoms with van der Waals surface area (Å²) in [7, 11) is 0. The van der Waals surface area contributed by atoms with E-state index in [0.29, 0.717) is 24.1 Å². The molecule has 8 heteroatoms. The molecule has 1 saturated heterocycles. The average molecular weight is 398 g/mol. The molecule has 4 rings (SSSR count). The second-order valence-electron chi connectivity index (χ2n) is 7.86. The number of nitrogens with zero attached hydrogens (tertiary/aromatic N) is 1. The number of ether oxygens (including phenoxy) is 1. The van der Waals surface area contributed by atoms with Gasteiger partial charge in [0.15, 0.2) is 12.4 Å². The van der Waals surface area contributed by atoms with E-state index in [9.17, 15) is 24.0 Å². The maximum atomic E-state index is 12.4. The summed E-state index contributed by atoms with van der Waals surface area (Å²) in [6, 6.07) is 4.83. The molecule has 0 bridgehead atoms. The Morgan fingerprint density at radius 3 is 2.41 bits per heavy atom. The van der Waals surface area contributed by atoms with Gasteiger partial charge >= 0.3 is 5.97 Å². The predicted octanol–water partition coefficient (Wildman–Crippen LogP) is 1.64. The fourth-order valence-corrected chi connectivity index (χ4v) is 4.38. The lowest BCUT2D eigenvalue weighted by molar-refractivity contribution is -0.152. The molecule has 8 nitrogen and oxygen atoms in total. The van der Waals surface area contributed by atoms with Crippen molar-refractivity contribution in [3.63, 3.8) is 0 Å². The molecule has 0 unspecified atom stereocenters. The summed E-state index contributed by atoms with van der Waals surface area (Å²) in [6.07, 6.45) is 3.17. The van der Waals surface area contributed by atoms with Gasteiger partial charge in [0.25, 0.3) is 0 Å². The fourth-order valence-electron chi connectivity index (χ4n) is 4.38. The van der Waals surface area contributed by atoms with Gasteiger partial charge in [0.1, 0.15) is 6.54 Å². The number of hydrogen-bond acceptors (Lipinski definition) is 6. The molecule has 2 heterocycles. The second-order valence-corrected chi connectivity index (χ2v) is 7.86. The van der Waals surface area contributed by atoms with E-state index in [1.54, 1.807) is 25.1 Å². The Morgan fingerprint density at radius 1 is 1.10 bits per heavy atom. The Balaban J connectivity index is 1.34. The number of rotatable bonds is 5. The summed E-state index contributed by atoms with van der Waals surface area (Å²) in [5.74, 6) is -2.95. The lowest BCUT2D eigenvalue weighted by Crippen LogP contribution is -2.37. The minimum atomic E-state index is -0.787. The number of carbonyl (C=O) groups excluding carboxylic acids is 5. The molecule has 152 valence electrons. The van der Waals surface area contributed by atoms with Crippen LogP contribution in [0.1, 0.15) is 54.4 Å². The topological polar surface area (TPSA) is 110 Å². The summed E-state index contributed by atoms with van der Waals surface area (Å²) >= 11 is 0.